The Labute approximate surface area is 147 Å². The molecular weight excluding hydrogens is 314 g/mol. The van der Waals surface area contributed by atoms with E-state index in [9.17, 15) is 0 Å². The van der Waals surface area contributed by atoms with Crippen LogP contribution in [0.2, 0.25) is 0 Å². The van der Waals surface area contributed by atoms with Crippen molar-refractivity contribution in [2.24, 2.45) is 0 Å². The van der Waals surface area contributed by atoms with Crippen molar-refractivity contribution in [3.8, 4) is 5.88 Å². The van der Waals surface area contributed by atoms with Crippen LogP contribution in [0.15, 0.2) is 54.7 Å². The standard InChI is InChI=1S/C20H23N3O2/c1-2-4-17(5-3-1)16-25-20-7-6-19-18(21-20)8-9-23(19)11-10-22-12-14-24-15-13-22/h1-9H,10-16H2. The molecule has 0 atom stereocenters. The Morgan fingerprint density at radius 1 is 0.960 bits per heavy atom. The highest BCUT2D eigenvalue weighted by molar-refractivity contribution is 5.76. The molecule has 1 saturated heterocycles. The molecule has 0 aliphatic carbocycles. The summed E-state index contributed by atoms with van der Waals surface area (Å²) in [6.07, 6.45) is 2.11. The number of benzene rings is 1. The second kappa shape index (κ2) is 7.68. The summed E-state index contributed by atoms with van der Waals surface area (Å²) < 4.78 is 13.5. The molecule has 1 fully saturated rings. The van der Waals surface area contributed by atoms with Gasteiger partial charge in [0.1, 0.15) is 6.61 Å². The Morgan fingerprint density at radius 3 is 2.64 bits per heavy atom. The molecule has 3 aromatic rings. The minimum Gasteiger partial charge on any atom is -0.473 e. The number of rotatable bonds is 6. The van der Waals surface area contributed by atoms with E-state index in [1.807, 2.05) is 24.3 Å². The third-order valence-corrected chi connectivity index (χ3v) is 4.59. The summed E-state index contributed by atoms with van der Waals surface area (Å²) in [5.41, 5.74) is 3.28. The minimum absolute atomic E-state index is 0.539. The molecule has 3 heterocycles. The van der Waals surface area contributed by atoms with Gasteiger partial charge in [0, 0.05) is 38.4 Å². The Balaban J connectivity index is 1.40. The molecule has 130 valence electrons. The van der Waals surface area contributed by atoms with Gasteiger partial charge in [0.15, 0.2) is 0 Å². The number of hydrogen-bond donors (Lipinski definition) is 0. The average molecular weight is 337 g/mol. The summed E-state index contributed by atoms with van der Waals surface area (Å²) in [4.78, 5) is 7.07. The third kappa shape index (κ3) is 4.00. The van der Waals surface area contributed by atoms with Crippen LogP contribution in [0, 0.1) is 0 Å². The largest absolute Gasteiger partial charge is 0.473 e. The zero-order valence-corrected chi connectivity index (χ0v) is 14.3. The van der Waals surface area contributed by atoms with E-state index in [4.69, 9.17) is 9.47 Å². The van der Waals surface area contributed by atoms with Crippen LogP contribution >= 0.6 is 0 Å². The van der Waals surface area contributed by atoms with Crippen molar-refractivity contribution >= 4 is 11.0 Å². The van der Waals surface area contributed by atoms with Crippen LogP contribution in [0.25, 0.3) is 11.0 Å². The van der Waals surface area contributed by atoms with Crippen LogP contribution in [0.5, 0.6) is 5.88 Å². The van der Waals surface area contributed by atoms with Crippen molar-refractivity contribution in [1.29, 1.82) is 0 Å². The van der Waals surface area contributed by atoms with Gasteiger partial charge in [-0.2, -0.15) is 0 Å². The first-order chi connectivity index (χ1) is 12.4. The van der Waals surface area contributed by atoms with Gasteiger partial charge in [-0.3, -0.25) is 4.90 Å². The second-order valence-electron chi connectivity index (χ2n) is 6.29. The molecule has 1 aliphatic rings. The Hall–Kier alpha value is -2.37. The maximum Gasteiger partial charge on any atom is 0.214 e. The molecule has 25 heavy (non-hydrogen) atoms. The lowest BCUT2D eigenvalue weighted by molar-refractivity contribution is 0.0365. The summed E-state index contributed by atoms with van der Waals surface area (Å²) in [6.45, 7) is 6.28. The fourth-order valence-corrected chi connectivity index (χ4v) is 3.14. The predicted molar refractivity (Wildman–Crippen MR) is 97.8 cm³/mol. The van der Waals surface area contributed by atoms with Crippen molar-refractivity contribution in [1.82, 2.24) is 14.5 Å². The first-order valence-electron chi connectivity index (χ1n) is 8.81. The van der Waals surface area contributed by atoms with Gasteiger partial charge in [-0.1, -0.05) is 30.3 Å². The molecule has 0 N–H and O–H groups in total. The maximum atomic E-state index is 5.82. The molecule has 0 radical (unpaired) electrons. The highest BCUT2D eigenvalue weighted by Crippen LogP contribution is 2.19. The summed E-state index contributed by atoms with van der Waals surface area (Å²) in [5.74, 6) is 0.669. The third-order valence-electron chi connectivity index (χ3n) is 4.59. The van der Waals surface area contributed by atoms with E-state index in [0.29, 0.717) is 12.5 Å². The quantitative estimate of drug-likeness (QED) is 0.693. The molecule has 0 amide bonds. The molecular formula is C20H23N3O2. The van der Waals surface area contributed by atoms with Crippen LogP contribution in [0.4, 0.5) is 0 Å². The summed E-state index contributed by atoms with van der Waals surface area (Å²) >= 11 is 0. The molecule has 5 heteroatoms. The SMILES string of the molecule is c1ccc(COc2ccc3c(ccn3CCN3CCOCC3)n2)cc1. The van der Waals surface area contributed by atoms with Crippen LogP contribution in [0.1, 0.15) is 5.56 Å². The lowest BCUT2D eigenvalue weighted by atomic mass is 10.2. The van der Waals surface area contributed by atoms with Crippen LogP contribution in [0.3, 0.4) is 0 Å². The highest BCUT2D eigenvalue weighted by atomic mass is 16.5. The molecule has 1 aliphatic heterocycles. The number of fused-ring (bicyclic) bond motifs is 1. The monoisotopic (exact) mass is 337 g/mol. The van der Waals surface area contributed by atoms with Gasteiger partial charge < -0.3 is 14.0 Å². The molecule has 0 bridgehead atoms. The van der Waals surface area contributed by atoms with E-state index < -0.39 is 0 Å². The number of morpholine rings is 1. The van der Waals surface area contributed by atoms with Crippen molar-refractivity contribution in [2.45, 2.75) is 13.2 Å². The van der Waals surface area contributed by atoms with Crippen molar-refractivity contribution in [3.05, 3.63) is 60.3 Å². The molecule has 1 aromatic carbocycles. The van der Waals surface area contributed by atoms with Crippen LogP contribution < -0.4 is 4.74 Å². The predicted octanol–water partition coefficient (Wildman–Crippen LogP) is 2.95. The van der Waals surface area contributed by atoms with E-state index in [-0.39, 0.29) is 0 Å². The van der Waals surface area contributed by atoms with Crippen molar-refractivity contribution in [3.63, 3.8) is 0 Å². The fourth-order valence-electron chi connectivity index (χ4n) is 3.14. The van der Waals surface area contributed by atoms with Gasteiger partial charge in [0.25, 0.3) is 0 Å². The van der Waals surface area contributed by atoms with Gasteiger partial charge in [0.2, 0.25) is 5.88 Å². The average Bonchev–Trinajstić information content (AvgIpc) is 3.09. The van der Waals surface area contributed by atoms with Gasteiger partial charge >= 0.3 is 0 Å². The van der Waals surface area contributed by atoms with E-state index in [2.05, 4.69) is 44.9 Å². The van der Waals surface area contributed by atoms with E-state index >= 15 is 0 Å². The molecule has 4 rings (SSSR count). The Kier molecular flexibility index (Phi) is 4.95. The summed E-state index contributed by atoms with van der Waals surface area (Å²) in [6, 6.07) is 16.3. The van der Waals surface area contributed by atoms with Crippen molar-refractivity contribution in [2.75, 3.05) is 32.8 Å². The van der Waals surface area contributed by atoms with Crippen LogP contribution in [-0.4, -0.2) is 47.3 Å². The topological polar surface area (TPSA) is 39.5 Å². The second-order valence-corrected chi connectivity index (χ2v) is 6.29. The highest BCUT2D eigenvalue weighted by Gasteiger charge is 2.11. The Bertz CT molecular complexity index is 810. The van der Waals surface area contributed by atoms with Gasteiger partial charge in [-0.25, -0.2) is 4.98 Å². The molecule has 2 aromatic heterocycles. The minimum atomic E-state index is 0.539. The maximum absolute atomic E-state index is 5.82. The lowest BCUT2D eigenvalue weighted by Crippen LogP contribution is -2.38. The van der Waals surface area contributed by atoms with E-state index in [1.54, 1.807) is 0 Å². The molecule has 0 saturated carbocycles. The zero-order valence-electron chi connectivity index (χ0n) is 14.3. The number of nitrogens with zero attached hydrogens (tertiary/aromatic N) is 3. The summed E-state index contributed by atoms with van der Waals surface area (Å²) in [5, 5.41) is 0. The first kappa shape index (κ1) is 16.1. The molecule has 0 spiro atoms. The van der Waals surface area contributed by atoms with E-state index in [0.717, 1.165) is 56.0 Å². The number of hydrogen-bond acceptors (Lipinski definition) is 4. The molecule has 5 nitrogen and oxygen atoms in total. The number of aromatic nitrogens is 2. The zero-order chi connectivity index (χ0) is 16.9. The molecule has 0 unspecified atom stereocenters. The fraction of sp³-hybridized carbons (Fsp3) is 0.350. The first-order valence-corrected chi connectivity index (χ1v) is 8.81. The van der Waals surface area contributed by atoms with Crippen LogP contribution in [-0.2, 0) is 17.9 Å². The number of pyridine rings is 1. The summed E-state index contributed by atoms with van der Waals surface area (Å²) in [7, 11) is 0. The van der Waals surface area contributed by atoms with Gasteiger partial charge in [-0.05, 0) is 17.7 Å². The normalized spacial score (nSPS) is 15.5. The Morgan fingerprint density at radius 2 is 1.80 bits per heavy atom. The number of ether oxygens (including phenoxy) is 2. The van der Waals surface area contributed by atoms with Gasteiger partial charge in [-0.15, -0.1) is 0 Å². The lowest BCUT2D eigenvalue weighted by Gasteiger charge is -2.26. The smallest absolute Gasteiger partial charge is 0.214 e. The van der Waals surface area contributed by atoms with Crippen molar-refractivity contribution < 1.29 is 9.47 Å². The van der Waals surface area contributed by atoms with Gasteiger partial charge in [0.05, 0.1) is 24.2 Å². The van der Waals surface area contributed by atoms with E-state index in [1.165, 1.54) is 0 Å².